The minimum atomic E-state index is -0.448. The normalized spacial score (nSPS) is 10.7. The second kappa shape index (κ2) is 15.1. The number of rotatable bonds is 9. The summed E-state index contributed by atoms with van der Waals surface area (Å²) in [5, 5.41) is 8.33. The predicted octanol–water partition coefficient (Wildman–Crippen LogP) is 6.26. The molecule has 2 heterocycles. The number of anilines is 2. The molecule has 0 aliphatic rings. The Morgan fingerprint density at radius 2 is 1.84 bits per heavy atom. The van der Waals surface area contributed by atoms with Gasteiger partial charge in [-0.25, -0.2) is 9.78 Å². The molecule has 0 saturated heterocycles. The van der Waals surface area contributed by atoms with Crippen LogP contribution in [0.15, 0.2) is 65.4 Å². The standard InChI is InChI=1S/C29H27BrCl2N6O4.ClH/c1-17-27(30)38-14-4-5-23(28(38)35-17)42-16-20-21(31)11-12-22(26(20)32)37(3)25(40)15-34-24(39)13-8-18-6-9-19(10-7-18)36-29(41)33-2;/h4-14H,15-16H2,1-3H3,(H,34,39)(H2,33,36,41);1H/b13-8+;. The fourth-order valence-corrected chi connectivity index (χ4v) is 4.87. The van der Waals surface area contributed by atoms with Gasteiger partial charge in [0.2, 0.25) is 11.8 Å². The Kier molecular flexibility index (Phi) is 11.8. The third kappa shape index (κ3) is 8.20. The quantitative estimate of drug-likeness (QED) is 0.178. The third-order valence-electron chi connectivity index (χ3n) is 6.22. The number of imidazole rings is 1. The highest BCUT2D eigenvalue weighted by molar-refractivity contribution is 9.10. The summed E-state index contributed by atoms with van der Waals surface area (Å²) in [6, 6.07) is 13.5. The van der Waals surface area contributed by atoms with Crippen molar-refractivity contribution in [3.63, 3.8) is 0 Å². The van der Waals surface area contributed by atoms with E-state index in [0.717, 1.165) is 15.9 Å². The van der Waals surface area contributed by atoms with Crippen LogP contribution in [0.2, 0.25) is 10.0 Å². The van der Waals surface area contributed by atoms with Crippen LogP contribution in [0.25, 0.3) is 11.7 Å². The molecule has 0 radical (unpaired) electrons. The van der Waals surface area contributed by atoms with Gasteiger partial charge < -0.3 is 25.6 Å². The molecule has 0 fully saturated rings. The topological polar surface area (TPSA) is 117 Å². The van der Waals surface area contributed by atoms with Crippen molar-refractivity contribution in [2.45, 2.75) is 13.5 Å². The molecule has 43 heavy (non-hydrogen) atoms. The molecule has 10 nitrogen and oxygen atoms in total. The van der Waals surface area contributed by atoms with Gasteiger partial charge in [-0.1, -0.05) is 35.3 Å². The van der Waals surface area contributed by atoms with Gasteiger partial charge in [-0.15, -0.1) is 12.4 Å². The summed E-state index contributed by atoms with van der Waals surface area (Å²) in [4.78, 5) is 42.5. The number of nitrogens with one attached hydrogen (secondary N) is 3. The van der Waals surface area contributed by atoms with Crippen molar-refractivity contribution in [3.05, 3.63) is 92.3 Å². The summed E-state index contributed by atoms with van der Waals surface area (Å²) in [6.07, 6.45) is 4.78. The molecule has 0 aliphatic carbocycles. The van der Waals surface area contributed by atoms with Crippen LogP contribution in [-0.4, -0.2) is 47.9 Å². The summed E-state index contributed by atoms with van der Waals surface area (Å²) in [6.45, 7) is 1.67. The summed E-state index contributed by atoms with van der Waals surface area (Å²) >= 11 is 16.6. The molecule has 3 N–H and O–H groups in total. The van der Waals surface area contributed by atoms with Crippen LogP contribution in [0.5, 0.6) is 5.75 Å². The van der Waals surface area contributed by atoms with Crippen LogP contribution in [0.3, 0.4) is 0 Å². The van der Waals surface area contributed by atoms with Crippen molar-refractivity contribution in [2.75, 3.05) is 30.9 Å². The van der Waals surface area contributed by atoms with Gasteiger partial charge in [-0.3, -0.25) is 14.0 Å². The van der Waals surface area contributed by atoms with Gasteiger partial charge in [0.25, 0.3) is 0 Å². The first-order chi connectivity index (χ1) is 20.1. The van der Waals surface area contributed by atoms with Gasteiger partial charge in [0, 0.05) is 42.6 Å². The van der Waals surface area contributed by atoms with E-state index in [4.69, 9.17) is 27.9 Å². The Morgan fingerprint density at radius 1 is 1.12 bits per heavy atom. The molecular formula is C29H28BrCl3N6O4. The van der Waals surface area contributed by atoms with Gasteiger partial charge >= 0.3 is 6.03 Å². The second-order valence-electron chi connectivity index (χ2n) is 9.03. The number of aryl methyl sites for hydroxylation is 1. The average molecular weight is 711 g/mol. The molecule has 0 aliphatic heterocycles. The number of hydrogen-bond donors (Lipinski definition) is 3. The molecule has 0 spiro atoms. The van der Waals surface area contributed by atoms with Crippen LogP contribution >= 0.6 is 51.5 Å². The third-order valence-corrected chi connectivity index (χ3v) is 7.96. The van der Waals surface area contributed by atoms with Crippen LogP contribution in [0.4, 0.5) is 16.2 Å². The number of likely N-dealkylation sites (N-methyl/N-ethyl adjacent to an activating group) is 1. The molecule has 4 rings (SSSR count). The number of carbonyl (C=O) groups excluding carboxylic acids is 3. The number of benzene rings is 2. The Morgan fingerprint density at radius 3 is 2.53 bits per heavy atom. The zero-order chi connectivity index (χ0) is 30.4. The van der Waals surface area contributed by atoms with Crippen molar-refractivity contribution in [1.29, 1.82) is 0 Å². The van der Waals surface area contributed by atoms with Gasteiger partial charge in [-0.05, 0) is 70.9 Å². The maximum Gasteiger partial charge on any atom is 0.318 e. The number of halogens is 4. The largest absolute Gasteiger partial charge is 0.485 e. The summed E-state index contributed by atoms with van der Waals surface area (Å²) in [5.41, 5.74) is 3.72. The predicted molar refractivity (Wildman–Crippen MR) is 176 cm³/mol. The first-order valence-corrected chi connectivity index (χ1v) is 14.2. The Balaban J connectivity index is 0.00000506. The highest BCUT2D eigenvalue weighted by Crippen LogP contribution is 2.35. The zero-order valence-electron chi connectivity index (χ0n) is 23.3. The first-order valence-electron chi connectivity index (χ1n) is 12.6. The fraction of sp³-hybridized carbons (Fsp3) is 0.172. The maximum absolute atomic E-state index is 12.9. The zero-order valence-corrected chi connectivity index (χ0v) is 27.2. The first kappa shape index (κ1) is 33.7. The highest BCUT2D eigenvalue weighted by Gasteiger charge is 2.20. The molecule has 226 valence electrons. The van der Waals surface area contributed by atoms with Gasteiger partial charge in [0.15, 0.2) is 11.4 Å². The average Bonchev–Trinajstić information content (AvgIpc) is 3.28. The van der Waals surface area contributed by atoms with Crippen LogP contribution in [0.1, 0.15) is 16.8 Å². The molecule has 4 aromatic rings. The Labute approximate surface area is 272 Å². The number of carbonyl (C=O) groups is 3. The molecule has 4 amide bonds. The number of pyridine rings is 1. The van der Waals surface area contributed by atoms with Gasteiger partial charge in [0.1, 0.15) is 11.2 Å². The van der Waals surface area contributed by atoms with Gasteiger partial charge in [-0.2, -0.15) is 0 Å². The summed E-state index contributed by atoms with van der Waals surface area (Å²) < 4.78 is 8.73. The lowest BCUT2D eigenvalue weighted by Crippen LogP contribution is -2.37. The van der Waals surface area contributed by atoms with E-state index in [0.29, 0.717) is 33.4 Å². The smallest absolute Gasteiger partial charge is 0.318 e. The highest BCUT2D eigenvalue weighted by atomic mass is 79.9. The molecule has 14 heteroatoms. The van der Waals surface area contributed by atoms with E-state index in [2.05, 4.69) is 36.9 Å². The van der Waals surface area contributed by atoms with Gasteiger partial charge in [0.05, 0.1) is 22.9 Å². The van der Waals surface area contributed by atoms with Crippen molar-refractivity contribution < 1.29 is 19.1 Å². The fourth-order valence-electron chi connectivity index (χ4n) is 3.88. The number of amides is 4. The SMILES string of the molecule is CNC(=O)Nc1ccc(/C=C/C(=O)NCC(=O)N(C)c2ccc(Cl)c(COc3cccn4c(Br)c(C)nc34)c2Cl)cc1.Cl. The second-order valence-corrected chi connectivity index (χ2v) is 10.6. The van der Waals surface area contributed by atoms with Crippen LogP contribution in [0, 0.1) is 6.92 Å². The van der Waals surface area contributed by atoms with Crippen molar-refractivity contribution in [3.8, 4) is 5.75 Å². The molecule has 2 aromatic carbocycles. The van der Waals surface area contributed by atoms with E-state index in [9.17, 15) is 14.4 Å². The lowest BCUT2D eigenvalue weighted by molar-refractivity contribution is -0.122. The van der Waals surface area contributed by atoms with Crippen molar-refractivity contribution >= 4 is 92.5 Å². The summed E-state index contributed by atoms with van der Waals surface area (Å²) in [7, 11) is 3.08. The van der Waals surface area contributed by atoms with Crippen LogP contribution < -0.4 is 25.6 Å². The summed E-state index contributed by atoms with van der Waals surface area (Å²) in [5.74, 6) is -0.295. The minimum Gasteiger partial charge on any atom is -0.485 e. The lowest BCUT2D eigenvalue weighted by Gasteiger charge is -2.21. The number of ether oxygens (including phenoxy) is 1. The molecule has 0 saturated carbocycles. The van der Waals surface area contributed by atoms with Crippen LogP contribution in [-0.2, 0) is 16.2 Å². The van der Waals surface area contributed by atoms with E-state index >= 15 is 0 Å². The van der Waals surface area contributed by atoms with E-state index in [1.807, 2.05) is 23.6 Å². The molecule has 2 aromatic heterocycles. The molecular weight excluding hydrogens is 683 g/mol. The molecule has 0 atom stereocenters. The van der Waals surface area contributed by atoms with Crippen molar-refractivity contribution in [2.24, 2.45) is 0 Å². The number of hydrogen-bond acceptors (Lipinski definition) is 5. The number of aromatic nitrogens is 2. The monoisotopic (exact) mass is 708 g/mol. The van der Waals surface area contributed by atoms with E-state index < -0.39 is 5.91 Å². The molecule has 0 unspecified atom stereocenters. The minimum absolute atomic E-state index is 0. The van der Waals surface area contributed by atoms with Crippen molar-refractivity contribution in [1.82, 2.24) is 20.0 Å². The number of fused-ring (bicyclic) bond motifs is 1. The van der Waals surface area contributed by atoms with E-state index in [1.165, 1.54) is 18.0 Å². The lowest BCUT2D eigenvalue weighted by atomic mass is 10.2. The number of nitrogens with zero attached hydrogens (tertiary/aromatic N) is 3. The molecule has 0 bridgehead atoms. The maximum atomic E-state index is 12.9. The number of urea groups is 1. The Hall–Kier alpha value is -3.77. The van der Waals surface area contributed by atoms with E-state index in [-0.39, 0.29) is 42.5 Å². The van der Waals surface area contributed by atoms with E-state index in [1.54, 1.807) is 55.6 Å². The Bertz CT molecular complexity index is 1680.